The van der Waals surface area contributed by atoms with Crippen LogP contribution in [-0.4, -0.2) is 25.2 Å². The summed E-state index contributed by atoms with van der Waals surface area (Å²) in [5, 5.41) is 2.99. The van der Waals surface area contributed by atoms with Gasteiger partial charge in [-0.1, -0.05) is 25.0 Å². The summed E-state index contributed by atoms with van der Waals surface area (Å²) in [4.78, 5) is 13.8. The lowest BCUT2D eigenvalue weighted by Gasteiger charge is -2.25. The van der Waals surface area contributed by atoms with E-state index in [2.05, 4.69) is 5.32 Å². The van der Waals surface area contributed by atoms with E-state index in [9.17, 15) is 9.18 Å². The van der Waals surface area contributed by atoms with E-state index in [1.807, 2.05) is 0 Å². The number of rotatable bonds is 5. The highest BCUT2D eigenvalue weighted by atomic mass is 19.1. The number of carbonyl (C=O) groups is 1. The molecule has 1 aliphatic rings. The van der Waals surface area contributed by atoms with Crippen molar-refractivity contribution in [2.24, 2.45) is 5.73 Å². The Morgan fingerprint density at radius 1 is 1.35 bits per heavy atom. The molecule has 1 aliphatic carbocycles. The summed E-state index contributed by atoms with van der Waals surface area (Å²) in [5.74, 6) is -0.383. The van der Waals surface area contributed by atoms with Gasteiger partial charge in [0.05, 0.1) is 5.69 Å². The topological polar surface area (TPSA) is 58.4 Å². The standard InChI is InChI=1S/C15H22FN3O/c16-13-8-3-4-9-14(13)19(11-5-10-17)15(20)18-12-6-1-2-7-12/h3-4,8-9,12H,1-2,5-7,10-11,17H2,(H,18,20). The predicted molar refractivity (Wildman–Crippen MR) is 78.2 cm³/mol. The van der Waals surface area contributed by atoms with E-state index in [0.717, 1.165) is 25.7 Å². The Morgan fingerprint density at radius 3 is 2.70 bits per heavy atom. The monoisotopic (exact) mass is 279 g/mol. The summed E-state index contributed by atoms with van der Waals surface area (Å²) >= 11 is 0. The first-order chi connectivity index (χ1) is 9.72. The summed E-state index contributed by atoms with van der Waals surface area (Å²) < 4.78 is 13.9. The van der Waals surface area contributed by atoms with Crippen LogP contribution >= 0.6 is 0 Å². The van der Waals surface area contributed by atoms with Crippen LogP contribution in [-0.2, 0) is 0 Å². The number of anilines is 1. The number of hydrogen-bond acceptors (Lipinski definition) is 2. The van der Waals surface area contributed by atoms with Gasteiger partial charge >= 0.3 is 6.03 Å². The molecule has 0 bridgehead atoms. The molecule has 0 aliphatic heterocycles. The number of halogens is 1. The molecule has 1 fully saturated rings. The highest BCUT2D eigenvalue weighted by Crippen LogP contribution is 2.21. The highest BCUT2D eigenvalue weighted by molar-refractivity contribution is 5.92. The Hall–Kier alpha value is -1.62. The van der Waals surface area contributed by atoms with E-state index >= 15 is 0 Å². The van der Waals surface area contributed by atoms with Crippen molar-refractivity contribution in [3.8, 4) is 0 Å². The molecule has 0 heterocycles. The van der Waals surface area contributed by atoms with E-state index in [0.29, 0.717) is 25.2 Å². The number of nitrogens with two attached hydrogens (primary N) is 1. The van der Waals surface area contributed by atoms with Gasteiger partial charge in [-0.05, 0) is 37.9 Å². The number of amides is 2. The van der Waals surface area contributed by atoms with Crippen LogP contribution in [0, 0.1) is 5.82 Å². The first kappa shape index (κ1) is 14.8. The number of para-hydroxylation sites is 1. The second-order valence-corrected chi connectivity index (χ2v) is 5.18. The zero-order chi connectivity index (χ0) is 14.4. The van der Waals surface area contributed by atoms with Crippen LogP contribution in [0.3, 0.4) is 0 Å². The molecule has 0 radical (unpaired) electrons. The molecule has 4 nitrogen and oxygen atoms in total. The number of benzene rings is 1. The fourth-order valence-corrected chi connectivity index (χ4v) is 2.57. The van der Waals surface area contributed by atoms with E-state index in [1.54, 1.807) is 18.2 Å². The maximum absolute atomic E-state index is 13.9. The van der Waals surface area contributed by atoms with Crippen LogP contribution in [0.15, 0.2) is 24.3 Å². The van der Waals surface area contributed by atoms with Crippen molar-refractivity contribution < 1.29 is 9.18 Å². The number of nitrogens with one attached hydrogen (secondary N) is 1. The van der Waals surface area contributed by atoms with E-state index < -0.39 is 0 Å². The number of hydrogen-bond donors (Lipinski definition) is 2. The molecular formula is C15H22FN3O. The normalized spacial score (nSPS) is 15.3. The maximum atomic E-state index is 13.9. The lowest BCUT2D eigenvalue weighted by Crippen LogP contribution is -2.45. The van der Waals surface area contributed by atoms with Gasteiger partial charge in [-0.2, -0.15) is 0 Å². The molecule has 0 spiro atoms. The minimum absolute atomic E-state index is 0.217. The average Bonchev–Trinajstić information content (AvgIpc) is 2.94. The molecule has 110 valence electrons. The Bertz CT molecular complexity index is 446. The van der Waals surface area contributed by atoms with E-state index in [-0.39, 0.29) is 17.9 Å². The summed E-state index contributed by atoms with van der Waals surface area (Å²) in [7, 11) is 0. The van der Waals surface area contributed by atoms with Crippen molar-refractivity contribution in [3.63, 3.8) is 0 Å². The third-order valence-electron chi connectivity index (χ3n) is 3.66. The number of urea groups is 1. The Kier molecular flexibility index (Phi) is 5.35. The van der Waals surface area contributed by atoms with E-state index in [4.69, 9.17) is 5.73 Å². The van der Waals surface area contributed by atoms with Crippen LogP contribution in [0.1, 0.15) is 32.1 Å². The summed E-state index contributed by atoms with van der Waals surface area (Å²) in [6.07, 6.45) is 4.95. The maximum Gasteiger partial charge on any atom is 0.322 e. The van der Waals surface area contributed by atoms with E-state index in [1.165, 1.54) is 11.0 Å². The fourth-order valence-electron chi connectivity index (χ4n) is 2.57. The SMILES string of the molecule is NCCCN(C(=O)NC1CCCC1)c1ccccc1F. The molecule has 1 saturated carbocycles. The van der Waals surface area contributed by atoms with Crippen molar-refractivity contribution >= 4 is 11.7 Å². The van der Waals surface area contributed by atoms with Crippen LogP contribution in [0.25, 0.3) is 0 Å². The third kappa shape index (κ3) is 3.70. The van der Waals surface area contributed by atoms with Gasteiger partial charge in [0.2, 0.25) is 0 Å². The van der Waals surface area contributed by atoms with Gasteiger partial charge in [0.25, 0.3) is 0 Å². The lowest BCUT2D eigenvalue weighted by atomic mass is 10.2. The molecule has 1 aromatic carbocycles. The smallest absolute Gasteiger partial charge is 0.322 e. The second-order valence-electron chi connectivity index (χ2n) is 5.18. The van der Waals surface area contributed by atoms with Gasteiger partial charge < -0.3 is 11.1 Å². The summed E-state index contributed by atoms with van der Waals surface area (Å²) in [6.45, 7) is 0.900. The van der Waals surface area contributed by atoms with Gasteiger partial charge in [-0.3, -0.25) is 4.90 Å². The molecule has 3 N–H and O–H groups in total. The highest BCUT2D eigenvalue weighted by Gasteiger charge is 2.23. The van der Waals surface area contributed by atoms with Crippen molar-refractivity contribution in [1.29, 1.82) is 0 Å². The van der Waals surface area contributed by atoms with Crippen LogP contribution in [0.2, 0.25) is 0 Å². The Labute approximate surface area is 119 Å². The van der Waals surface area contributed by atoms with Crippen LogP contribution < -0.4 is 16.0 Å². The Balaban J connectivity index is 2.09. The first-order valence-electron chi connectivity index (χ1n) is 7.25. The predicted octanol–water partition coefficient (Wildman–Crippen LogP) is 2.63. The van der Waals surface area contributed by atoms with Gasteiger partial charge in [-0.15, -0.1) is 0 Å². The molecule has 20 heavy (non-hydrogen) atoms. The van der Waals surface area contributed by atoms with Crippen LogP contribution in [0.4, 0.5) is 14.9 Å². The molecule has 0 unspecified atom stereocenters. The first-order valence-corrected chi connectivity index (χ1v) is 7.25. The van der Waals surface area contributed by atoms with Crippen molar-refractivity contribution in [1.82, 2.24) is 5.32 Å². The molecule has 2 amide bonds. The van der Waals surface area contributed by atoms with Crippen molar-refractivity contribution in [2.45, 2.75) is 38.1 Å². The minimum atomic E-state index is -0.383. The van der Waals surface area contributed by atoms with Gasteiger partial charge in [0.15, 0.2) is 0 Å². The molecular weight excluding hydrogens is 257 g/mol. The molecule has 1 aromatic rings. The largest absolute Gasteiger partial charge is 0.335 e. The van der Waals surface area contributed by atoms with Gasteiger partial charge in [0.1, 0.15) is 5.82 Å². The fraction of sp³-hybridized carbons (Fsp3) is 0.533. The molecule has 0 aromatic heterocycles. The third-order valence-corrected chi connectivity index (χ3v) is 3.66. The van der Waals surface area contributed by atoms with Crippen molar-refractivity contribution in [3.05, 3.63) is 30.1 Å². The molecule has 0 saturated heterocycles. The zero-order valence-corrected chi connectivity index (χ0v) is 11.6. The lowest BCUT2D eigenvalue weighted by molar-refractivity contribution is 0.242. The average molecular weight is 279 g/mol. The summed E-state index contributed by atoms with van der Waals surface area (Å²) in [5.41, 5.74) is 5.82. The van der Waals surface area contributed by atoms with Crippen molar-refractivity contribution in [2.75, 3.05) is 18.0 Å². The zero-order valence-electron chi connectivity index (χ0n) is 11.6. The Morgan fingerprint density at radius 2 is 2.05 bits per heavy atom. The minimum Gasteiger partial charge on any atom is -0.335 e. The van der Waals surface area contributed by atoms with Crippen LogP contribution in [0.5, 0.6) is 0 Å². The number of nitrogens with zero attached hydrogens (tertiary/aromatic N) is 1. The molecule has 5 heteroatoms. The molecule has 2 rings (SSSR count). The summed E-state index contributed by atoms with van der Waals surface area (Å²) in [6, 6.07) is 6.34. The molecule has 0 atom stereocenters. The van der Waals surface area contributed by atoms with Gasteiger partial charge in [-0.25, -0.2) is 9.18 Å². The second kappa shape index (κ2) is 7.24. The quantitative estimate of drug-likeness (QED) is 0.870. The number of carbonyl (C=O) groups excluding carboxylic acids is 1. The van der Waals surface area contributed by atoms with Gasteiger partial charge in [0, 0.05) is 12.6 Å².